The van der Waals surface area contributed by atoms with Gasteiger partial charge in [-0.3, -0.25) is 4.99 Å². The Morgan fingerprint density at radius 1 is 1.40 bits per heavy atom. The maximum Gasteiger partial charge on any atom is 0.193 e. The highest BCUT2D eigenvalue weighted by Crippen LogP contribution is 2.19. The summed E-state index contributed by atoms with van der Waals surface area (Å²) in [5.74, 6) is 0.669. The average molecular weight is 276 g/mol. The van der Waals surface area contributed by atoms with Crippen LogP contribution >= 0.6 is 0 Å². The first-order valence-corrected chi connectivity index (χ1v) is 6.83. The fraction of sp³-hybridized carbons (Fsp3) is 0.400. The number of rotatable bonds is 4. The van der Waals surface area contributed by atoms with Gasteiger partial charge in [0.15, 0.2) is 5.96 Å². The van der Waals surface area contributed by atoms with E-state index >= 15 is 0 Å². The molecule has 0 atom stereocenters. The van der Waals surface area contributed by atoms with Crippen molar-refractivity contribution in [2.24, 2.45) is 4.99 Å². The molecule has 1 aromatic carbocycles. The number of hydrogen-bond acceptors (Lipinski definition) is 1. The van der Waals surface area contributed by atoms with E-state index in [1.807, 2.05) is 32.1 Å². The molecule has 0 fully saturated rings. The zero-order chi connectivity index (χ0) is 14.5. The van der Waals surface area contributed by atoms with Crippen molar-refractivity contribution in [1.29, 1.82) is 0 Å². The quantitative estimate of drug-likeness (QED) is 0.665. The van der Waals surface area contributed by atoms with Crippen molar-refractivity contribution in [2.45, 2.75) is 13.3 Å². The topological polar surface area (TPSA) is 43.4 Å². The summed E-state index contributed by atoms with van der Waals surface area (Å²) >= 11 is 0. The molecule has 4 nitrogen and oxygen atoms in total. The molecule has 1 aromatic heterocycles. The molecule has 0 radical (unpaired) electrons. The van der Waals surface area contributed by atoms with Crippen molar-refractivity contribution in [3.05, 3.63) is 35.8 Å². The normalized spacial score (nSPS) is 11.9. The highest BCUT2D eigenvalue weighted by atomic mass is 19.1. The van der Waals surface area contributed by atoms with Gasteiger partial charge in [-0.25, -0.2) is 4.39 Å². The Hall–Kier alpha value is -2.04. The predicted molar refractivity (Wildman–Crippen MR) is 81.6 cm³/mol. The fourth-order valence-electron chi connectivity index (χ4n) is 2.15. The monoisotopic (exact) mass is 276 g/mol. The number of fused-ring (bicyclic) bond motifs is 1. The van der Waals surface area contributed by atoms with Gasteiger partial charge in [0.25, 0.3) is 0 Å². The van der Waals surface area contributed by atoms with Crippen LogP contribution < -0.4 is 5.32 Å². The molecule has 5 heteroatoms. The first kappa shape index (κ1) is 14.4. The highest BCUT2D eigenvalue weighted by Gasteiger charge is 2.05. The lowest BCUT2D eigenvalue weighted by Crippen LogP contribution is -2.36. The second-order valence-corrected chi connectivity index (χ2v) is 4.88. The minimum absolute atomic E-state index is 0.205. The number of benzene rings is 1. The summed E-state index contributed by atoms with van der Waals surface area (Å²) in [5.41, 5.74) is 2.06. The summed E-state index contributed by atoms with van der Waals surface area (Å²) in [6.45, 7) is 3.56. The van der Waals surface area contributed by atoms with Gasteiger partial charge in [0, 0.05) is 44.3 Å². The van der Waals surface area contributed by atoms with Crippen LogP contribution in [0.1, 0.15) is 12.5 Å². The number of H-pyrrole nitrogens is 1. The van der Waals surface area contributed by atoms with Crippen LogP contribution in [0.15, 0.2) is 29.4 Å². The number of halogens is 1. The van der Waals surface area contributed by atoms with Gasteiger partial charge in [0.05, 0.1) is 0 Å². The van der Waals surface area contributed by atoms with E-state index in [1.54, 1.807) is 12.1 Å². The molecule has 0 amide bonds. The summed E-state index contributed by atoms with van der Waals surface area (Å²) in [6.07, 6.45) is 2.72. The van der Waals surface area contributed by atoms with Crippen molar-refractivity contribution in [1.82, 2.24) is 15.2 Å². The van der Waals surface area contributed by atoms with E-state index in [0.29, 0.717) is 6.54 Å². The van der Waals surface area contributed by atoms with Crippen LogP contribution in [-0.4, -0.2) is 43.0 Å². The molecular weight excluding hydrogens is 255 g/mol. The van der Waals surface area contributed by atoms with Crippen LogP contribution in [0, 0.1) is 5.82 Å². The number of aliphatic imine (C=N–C) groups is 1. The number of aromatic amines is 1. The summed E-state index contributed by atoms with van der Waals surface area (Å²) in [4.78, 5) is 9.66. The molecule has 0 aliphatic heterocycles. The molecule has 0 aliphatic carbocycles. The molecule has 1 heterocycles. The summed E-state index contributed by atoms with van der Waals surface area (Å²) in [7, 11) is 3.92. The van der Waals surface area contributed by atoms with Crippen molar-refractivity contribution >= 4 is 16.9 Å². The highest BCUT2D eigenvalue weighted by molar-refractivity contribution is 5.83. The molecule has 108 valence electrons. The third-order valence-corrected chi connectivity index (χ3v) is 3.13. The number of guanidine groups is 1. The minimum atomic E-state index is -0.205. The van der Waals surface area contributed by atoms with Crippen molar-refractivity contribution in [3.8, 4) is 0 Å². The van der Waals surface area contributed by atoms with Crippen molar-refractivity contribution in [2.75, 3.05) is 27.2 Å². The van der Waals surface area contributed by atoms with Gasteiger partial charge in [-0.1, -0.05) is 0 Å². The Morgan fingerprint density at radius 3 is 2.90 bits per heavy atom. The Morgan fingerprint density at radius 2 is 2.20 bits per heavy atom. The van der Waals surface area contributed by atoms with E-state index in [9.17, 15) is 4.39 Å². The second kappa shape index (κ2) is 6.41. The Bertz CT molecular complexity index is 601. The van der Waals surface area contributed by atoms with E-state index in [-0.39, 0.29) is 5.82 Å². The molecule has 0 bridgehead atoms. The second-order valence-electron chi connectivity index (χ2n) is 4.88. The summed E-state index contributed by atoms with van der Waals surface area (Å²) in [6, 6.07) is 4.80. The van der Waals surface area contributed by atoms with Gasteiger partial charge in [-0.15, -0.1) is 0 Å². The van der Waals surface area contributed by atoms with Crippen LogP contribution in [0.2, 0.25) is 0 Å². The third kappa shape index (κ3) is 3.29. The number of nitrogens with one attached hydrogen (secondary N) is 2. The lowest BCUT2D eigenvalue weighted by molar-refractivity contribution is 0.583. The molecule has 0 spiro atoms. The Labute approximate surface area is 118 Å². The van der Waals surface area contributed by atoms with E-state index in [1.165, 1.54) is 6.07 Å². The van der Waals surface area contributed by atoms with Crippen LogP contribution in [0.3, 0.4) is 0 Å². The molecule has 2 aromatic rings. The van der Waals surface area contributed by atoms with Gasteiger partial charge in [-0.05, 0) is 37.1 Å². The third-order valence-electron chi connectivity index (χ3n) is 3.13. The fourth-order valence-corrected chi connectivity index (χ4v) is 2.15. The average Bonchev–Trinajstić information content (AvgIpc) is 2.80. The molecular formula is C15H21FN4. The van der Waals surface area contributed by atoms with Crippen LogP contribution in [0.5, 0.6) is 0 Å². The molecule has 20 heavy (non-hydrogen) atoms. The maximum atomic E-state index is 13.3. The predicted octanol–water partition coefficient (Wildman–Crippen LogP) is 2.38. The SMILES string of the molecule is CCNC(=NCCc1c[nH]c2ccc(F)cc12)N(C)C. The zero-order valence-corrected chi connectivity index (χ0v) is 12.2. The summed E-state index contributed by atoms with van der Waals surface area (Å²) < 4.78 is 13.3. The molecule has 0 unspecified atom stereocenters. The number of nitrogens with zero attached hydrogens (tertiary/aromatic N) is 2. The van der Waals surface area contributed by atoms with Crippen LogP contribution in [0.25, 0.3) is 10.9 Å². The zero-order valence-electron chi connectivity index (χ0n) is 12.2. The molecule has 0 aliphatic rings. The van der Waals surface area contributed by atoms with Crippen LogP contribution in [0.4, 0.5) is 4.39 Å². The van der Waals surface area contributed by atoms with E-state index in [4.69, 9.17) is 0 Å². The number of aromatic nitrogens is 1. The first-order chi connectivity index (χ1) is 9.61. The number of hydrogen-bond donors (Lipinski definition) is 2. The summed E-state index contributed by atoms with van der Waals surface area (Å²) in [5, 5.41) is 4.16. The largest absolute Gasteiger partial charge is 0.361 e. The molecule has 0 saturated heterocycles. The molecule has 0 saturated carbocycles. The van der Waals surface area contributed by atoms with Crippen molar-refractivity contribution in [3.63, 3.8) is 0 Å². The van der Waals surface area contributed by atoms with Gasteiger partial charge >= 0.3 is 0 Å². The van der Waals surface area contributed by atoms with Crippen molar-refractivity contribution < 1.29 is 4.39 Å². The lowest BCUT2D eigenvalue weighted by atomic mass is 10.1. The Balaban J connectivity index is 2.09. The minimum Gasteiger partial charge on any atom is -0.361 e. The van der Waals surface area contributed by atoms with Crippen LogP contribution in [-0.2, 0) is 6.42 Å². The van der Waals surface area contributed by atoms with Gasteiger partial charge in [0.2, 0.25) is 0 Å². The Kier molecular flexibility index (Phi) is 4.61. The van der Waals surface area contributed by atoms with Gasteiger partial charge in [0.1, 0.15) is 5.82 Å². The first-order valence-electron chi connectivity index (χ1n) is 6.83. The maximum absolute atomic E-state index is 13.3. The molecule has 2 N–H and O–H groups in total. The van der Waals surface area contributed by atoms with E-state index < -0.39 is 0 Å². The van der Waals surface area contributed by atoms with Gasteiger partial charge in [-0.2, -0.15) is 0 Å². The smallest absolute Gasteiger partial charge is 0.193 e. The lowest BCUT2D eigenvalue weighted by Gasteiger charge is -2.16. The van der Waals surface area contributed by atoms with Gasteiger partial charge < -0.3 is 15.2 Å². The van der Waals surface area contributed by atoms with E-state index in [0.717, 1.165) is 35.4 Å². The standard InChI is InChI=1S/C15H21FN4/c1-4-17-15(20(2)3)18-8-7-11-10-19-14-6-5-12(16)9-13(11)14/h5-6,9-10,19H,4,7-8H2,1-3H3,(H,17,18). The van der Waals surface area contributed by atoms with E-state index in [2.05, 4.69) is 15.3 Å². The molecule has 2 rings (SSSR count).